The van der Waals surface area contributed by atoms with Crippen LogP contribution < -0.4 is 9.77 Å². The molecule has 3 aromatic rings. The summed E-state index contributed by atoms with van der Waals surface area (Å²) in [6.45, 7) is 1.55. The Morgan fingerprint density at radius 3 is 2.40 bits per heavy atom. The van der Waals surface area contributed by atoms with E-state index in [4.69, 9.17) is 16.3 Å². The van der Waals surface area contributed by atoms with Gasteiger partial charge in [-0.15, -0.1) is 0 Å². The van der Waals surface area contributed by atoms with Crippen molar-refractivity contribution in [3.05, 3.63) is 79.5 Å². The Morgan fingerprint density at radius 2 is 1.74 bits per heavy atom. The van der Waals surface area contributed by atoms with Gasteiger partial charge < -0.3 is 4.74 Å². The lowest BCUT2D eigenvalue weighted by molar-refractivity contribution is -0.144. The predicted molar refractivity (Wildman–Crippen MR) is 131 cm³/mol. The van der Waals surface area contributed by atoms with Crippen molar-refractivity contribution in [3.8, 4) is 0 Å². The van der Waals surface area contributed by atoms with Crippen LogP contribution in [0, 0.1) is 11.7 Å². The number of carbonyl (C=O) groups excluding carboxylic acids is 3. The third-order valence-corrected chi connectivity index (χ3v) is 8.81. The van der Waals surface area contributed by atoms with Crippen LogP contribution in [0.2, 0.25) is 5.02 Å². The van der Waals surface area contributed by atoms with E-state index in [2.05, 4.69) is 0 Å². The Hall–Kier alpha value is -2.95. The van der Waals surface area contributed by atoms with Gasteiger partial charge in [0.05, 0.1) is 23.2 Å². The number of aromatic nitrogens is 1. The first-order chi connectivity index (χ1) is 16.8. The third kappa shape index (κ3) is 4.09. The Labute approximate surface area is 212 Å². The number of fused-ring (bicyclic) bond motifs is 2. The maximum absolute atomic E-state index is 13.7. The lowest BCUT2D eigenvalue weighted by Gasteiger charge is -2.30. The Kier molecular flexibility index (Phi) is 6.29. The first-order valence-electron chi connectivity index (χ1n) is 10.7. The van der Waals surface area contributed by atoms with Crippen LogP contribution in [0.15, 0.2) is 58.4 Å². The molecule has 0 spiro atoms. The van der Waals surface area contributed by atoms with Crippen molar-refractivity contribution in [2.24, 2.45) is 5.92 Å². The number of imide groups is 1. The topological polar surface area (TPSA) is 85.7 Å². The molecule has 0 N–H and O–H groups in total. The number of halogens is 2. The van der Waals surface area contributed by atoms with Crippen molar-refractivity contribution >= 4 is 58.2 Å². The zero-order valence-electron chi connectivity index (χ0n) is 18.3. The van der Waals surface area contributed by atoms with Gasteiger partial charge in [0.2, 0.25) is 11.8 Å². The molecule has 0 saturated carbocycles. The molecule has 0 bridgehead atoms. The summed E-state index contributed by atoms with van der Waals surface area (Å²) >= 11 is 8.13. The number of thiazole rings is 1. The molecule has 2 aliphatic heterocycles. The standard InChI is InChI=1S/C24H18ClFN2O5S2/c1-2-33-16(29)11-27-23-20(35-24(27)32)17(12-3-5-13(25)6-4-12)18-19(34-23)22(31)28(21(18)30)15-9-7-14(26)8-10-15/h3-10,17-19H,2,11H2,1H3/t17-,18?,19?/m1/s1. The molecule has 7 nitrogen and oxygen atoms in total. The fraction of sp³-hybridized carbons (Fsp3) is 0.250. The van der Waals surface area contributed by atoms with Crippen LogP contribution in [0.5, 0.6) is 0 Å². The Balaban J connectivity index is 1.64. The molecular formula is C24H18ClFN2O5S2. The number of rotatable bonds is 5. The molecule has 11 heteroatoms. The number of nitrogens with zero attached hydrogens (tertiary/aromatic N) is 2. The van der Waals surface area contributed by atoms with E-state index in [0.29, 0.717) is 14.9 Å². The fourth-order valence-electron chi connectivity index (χ4n) is 4.46. The van der Waals surface area contributed by atoms with Crippen molar-refractivity contribution < 1.29 is 23.5 Å². The number of anilines is 1. The normalized spacial score (nSPS) is 21.1. The largest absolute Gasteiger partial charge is 0.465 e. The number of hydrogen-bond acceptors (Lipinski definition) is 7. The first-order valence-corrected chi connectivity index (χ1v) is 12.8. The molecule has 2 amide bonds. The van der Waals surface area contributed by atoms with Crippen molar-refractivity contribution in [1.82, 2.24) is 4.57 Å². The van der Waals surface area contributed by atoms with Crippen LogP contribution in [0.25, 0.3) is 0 Å². The minimum Gasteiger partial charge on any atom is -0.465 e. The molecule has 0 radical (unpaired) electrons. The molecule has 5 rings (SSSR count). The molecule has 3 heterocycles. The molecule has 180 valence electrons. The van der Waals surface area contributed by atoms with E-state index >= 15 is 0 Å². The molecule has 1 fully saturated rings. The molecule has 2 aromatic carbocycles. The number of carbonyl (C=O) groups is 3. The lowest BCUT2D eigenvalue weighted by Crippen LogP contribution is -2.32. The van der Waals surface area contributed by atoms with Crippen molar-refractivity contribution in [3.63, 3.8) is 0 Å². The van der Waals surface area contributed by atoms with E-state index in [1.165, 1.54) is 28.8 Å². The van der Waals surface area contributed by atoms with Crippen molar-refractivity contribution in [1.29, 1.82) is 0 Å². The summed E-state index contributed by atoms with van der Waals surface area (Å²) in [5.41, 5.74) is 0.996. The number of esters is 1. The summed E-state index contributed by atoms with van der Waals surface area (Å²) in [5.74, 6) is -3.33. The highest BCUT2D eigenvalue weighted by atomic mass is 35.5. The van der Waals surface area contributed by atoms with Crippen LogP contribution in [-0.4, -0.2) is 34.2 Å². The molecule has 2 aliphatic rings. The van der Waals surface area contributed by atoms with Crippen molar-refractivity contribution in [2.75, 3.05) is 11.5 Å². The third-order valence-electron chi connectivity index (χ3n) is 5.96. The van der Waals surface area contributed by atoms with E-state index in [-0.39, 0.29) is 23.7 Å². The summed E-state index contributed by atoms with van der Waals surface area (Å²) in [4.78, 5) is 53.6. The number of ether oxygens (including phenoxy) is 1. The Bertz CT molecular complexity index is 1390. The summed E-state index contributed by atoms with van der Waals surface area (Å²) in [7, 11) is 0. The highest BCUT2D eigenvalue weighted by Gasteiger charge is 2.56. The number of thioether (sulfide) groups is 1. The van der Waals surface area contributed by atoms with Gasteiger partial charge in [0.25, 0.3) is 0 Å². The van der Waals surface area contributed by atoms with Crippen LogP contribution in [0.3, 0.4) is 0 Å². The van der Waals surface area contributed by atoms with Gasteiger partial charge in [-0.25, -0.2) is 9.29 Å². The summed E-state index contributed by atoms with van der Waals surface area (Å²) in [6, 6.07) is 12.1. The highest BCUT2D eigenvalue weighted by Crippen LogP contribution is 2.53. The van der Waals surface area contributed by atoms with Gasteiger partial charge in [-0.05, 0) is 48.9 Å². The maximum Gasteiger partial charge on any atom is 0.326 e. The quantitative estimate of drug-likeness (QED) is 0.364. The minimum absolute atomic E-state index is 0.171. The molecule has 0 aliphatic carbocycles. The number of benzene rings is 2. The minimum atomic E-state index is -0.830. The van der Waals surface area contributed by atoms with Gasteiger partial charge in [-0.2, -0.15) is 0 Å². The molecule has 35 heavy (non-hydrogen) atoms. The summed E-state index contributed by atoms with van der Waals surface area (Å²) in [5, 5.41) is 0.144. The monoisotopic (exact) mass is 532 g/mol. The fourth-order valence-corrected chi connectivity index (χ4v) is 7.36. The van der Waals surface area contributed by atoms with Crippen molar-refractivity contribution in [2.45, 2.75) is 29.7 Å². The van der Waals surface area contributed by atoms with E-state index in [0.717, 1.165) is 33.6 Å². The predicted octanol–water partition coefficient (Wildman–Crippen LogP) is 4.06. The number of amides is 2. The maximum atomic E-state index is 13.7. The second-order valence-corrected chi connectivity index (χ2v) is 10.6. The van der Waals surface area contributed by atoms with Crippen LogP contribution in [-0.2, 0) is 25.7 Å². The molecule has 1 saturated heterocycles. The average molecular weight is 533 g/mol. The first kappa shape index (κ1) is 23.8. The molecule has 2 unspecified atom stereocenters. The number of hydrogen-bond donors (Lipinski definition) is 0. The zero-order chi connectivity index (χ0) is 24.9. The zero-order valence-corrected chi connectivity index (χ0v) is 20.7. The smallest absolute Gasteiger partial charge is 0.326 e. The van der Waals surface area contributed by atoms with E-state index in [1.54, 1.807) is 31.2 Å². The van der Waals surface area contributed by atoms with Crippen LogP contribution in [0.4, 0.5) is 10.1 Å². The summed E-state index contributed by atoms with van der Waals surface area (Å²) < 4.78 is 19.8. The van der Waals surface area contributed by atoms with Gasteiger partial charge in [-0.3, -0.25) is 23.7 Å². The van der Waals surface area contributed by atoms with E-state index in [1.807, 2.05) is 0 Å². The van der Waals surface area contributed by atoms with Gasteiger partial charge in [0.1, 0.15) is 17.6 Å². The van der Waals surface area contributed by atoms with Gasteiger partial charge in [-0.1, -0.05) is 46.8 Å². The second kappa shape index (κ2) is 9.25. The van der Waals surface area contributed by atoms with Crippen LogP contribution in [0.1, 0.15) is 23.3 Å². The average Bonchev–Trinajstić information content (AvgIpc) is 3.27. The van der Waals surface area contributed by atoms with Gasteiger partial charge in [0.15, 0.2) is 0 Å². The molecular weight excluding hydrogens is 515 g/mol. The SMILES string of the molecule is CCOC(=O)Cn1c2c(sc1=O)[C@H](c1ccc(Cl)cc1)C1C(=O)N(c3ccc(F)cc3)C(=O)C1S2. The highest BCUT2D eigenvalue weighted by molar-refractivity contribution is 8.00. The molecule has 1 aromatic heterocycles. The molecule has 3 atom stereocenters. The second-order valence-electron chi connectivity index (χ2n) is 8.01. The lowest BCUT2D eigenvalue weighted by atomic mass is 9.83. The van der Waals surface area contributed by atoms with Gasteiger partial charge in [0, 0.05) is 15.8 Å². The Morgan fingerprint density at radius 1 is 1.06 bits per heavy atom. The van der Waals surface area contributed by atoms with Gasteiger partial charge >= 0.3 is 10.8 Å². The van der Waals surface area contributed by atoms with E-state index < -0.39 is 40.7 Å². The van der Waals surface area contributed by atoms with Crippen LogP contribution >= 0.6 is 34.7 Å². The summed E-state index contributed by atoms with van der Waals surface area (Å²) in [6.07, 6.45) is 0. The van der Waals surface area contributed by atoms with E-state index in [9.17, 15) is 23.6 Å².